The number of nitrogens with one attached hydrogen (secondary N) is 5. The van der Waals surface area contributed by atoms with Crippen LogP contribution in [0.5, 0.6) is 11.5 Å². The van der Waals surface area contributed by atoms with Crippen LogP contribution in [0.25, 0.3) is 10.9 Å². The van der Waals surface area contributed by atoms with E-state index in [9.17, 15) is 19.8 Å². The van der Waals surface area contributed by atoms with Crippen molar-refractivity contribution < 1.29 is 19.8 Å². The van der Waals surface area contributed by atoms with Crippen molar-refractivity contribution in [3.63, 3.8) is 0 Å². The molecule has 5 aromatic rings. The molecule has 4 unspecified atom stereocenters. The van der Waals surface area contributed by atoms with E-state index in [4.69, 9.17) is 0 Å². The number of aldehydes is 1. The van der Waals surface area contributed by atoms with Gasteiger partial charge in [-0.25, -0.2) is 0 Å². The Kier molecular flexibility index (Phi) is 10.6. The van der Waals surface area contributed by atoms with E-state index in [0.717, 1.165) is 90.6 Å². The number of rotatable bonds is 16. The van der Waals surface area contributed by atoms with E-state index in [1.807, 2.05) is 38.4 Å². The smallest absolute Gasteiger partial charge is 0.252 e. The number of carbonyl (C=O) groups excluding carboxylic acids is 2. The van der Waals surface area contributed by atoms with Crippen LogP contribution in [0, 0.1) is 0 Å². The maximum absolute atomic E-state index is 12.8. The van der Waals surface area contributed by atoms with Crippen molar-refractivity contribution in [2.75, 3.05) is 39.0 Å². The van der Waals surface area contributed by atoms with Crippen molar-refractivity contribution in [3.8, 4) is 11.5 Å². The number of fused-ring (bicyclic) bond motifs is 3. The number of hydrogen-bond acceptors (Lipinski definition) is 8. The molecule has 0 bridgehead atoms. The fourth-order valence-corrected chi connectivity index (χ4v) is 8.20. The van der Waals surface area contributed by atoms with Crippen LogP contribution in [0.15, 0.2) is 84.9 Å². The van der Waals surface area contributed by atoms with Crippen molar-refractivity contribution in [1.82, 2.24) is 25.8 Å². The minimum Gasteiger partial charge on any atom is -0.508 e. The van der Waals surface area contributed by atoms with Crippen LogP contribution in [-0.4, -0.2) is 72.1 Å². The number of H-pyrrole nitrogens is 1. The fourth-order valence-electron chi connectivity index (χ4n) is 8.20. The van der Waals surface area contributed by atoms with Crippen LogP contribution in [0.3, 0.4) is 0 Å². The van der Waals surface area contributed by atoms with Crippen LogP contribution in [0.4, 0.5) is 5.69 Å². The predicted molar refractivity (Wildman–Crippen MR) is 205 cm³/mol. The van der Waals surface area contributed by atoms with Gasteiger partial charge in [-0.1, -0.05) is 49.2 Å². The van der Waals surface area contributed by atoms with Crippen LogP contribution in [0.1, 0.15) is 92.3 Å². The molecule has 1 aromatic heterocycles. The Morgan fingerprint density at radius 1 is 0.827 bits per heavy atom. The highest BCUT2D eigenvalue weighted by Gasteiger charge is 2.43. The van der Waals surface area contributed by atoms with E-state index >= 15 is 0 Å². The Morgan fingerprint density at radius 2 is 1.56 bits per heavy atom. The third-order valence-corrected chi connectivity index (χ3v) is 10.6. The molecule has 4 atom stereocenters. The van der Waals surface area contributed by atoms with Gasteiger partial charge >= 0.3 is 0 Å². The number of amides is 1. The Labute approximate surface area is 304 Å². The quantitative estimate of drug-likeness (QED) is 0.0467. The molecule has 0 saturated carbocycles. The predicted octanol–water partition coefficient (Wildman–Crippen LogP) is 6.34. The first-order valence-electron chi connectivity index (χ1n) is 18.3. The molecular weight excluding hydrogens is 652 g/mol. The molecule has 52 heavy (non-hydrogen) atoms. The van der Waals surface area contributed by atoms with Crippen LogP contribution in [0.2, 0.25) is 0 Å². The third-order valence-electron chi connectivity index (χ3n) is 10.6. The molecule has 0 spiro atoms. The largest absolute Gasteiger partial charge is 0.508 e. The molecular formula is C42H48N6O4. The summed E-state index contributed by atoms with van der Waals surface area (Å²) in [5, 5.41) is 35.8. The van der Waals surface area contributed by atoms with E-state index in [1.54, 1.807) is 36.4 Å². The second-order valence-electron chi connectivity index (χ2n) is 14.2. The molecule has 1 amide bonds. The summed E-state index contributed by atoms with van der Waals surface area (Å²) < 4.78 is 0. The van der Waals surface area contributed by atoms with E-state index < -0.39 is 0 Å². The van der Waals surface area contributed by atoms with Gasteiger partial charge in [0.05, 0.1) is 12.1 Å². The number of nitrogens with zero attached hydrogens (tertiary/aromatic N) is 1. The zero-order valence-corrected chi connectivity index (χ0v) is 29.8. The summed E-state index contributed by atoms with van der Waals surface area (Å²) >= 11 is 0. The zero-order chi connectivity index (χ0) is 36.2. The Morgan fingerprint density at radius 3 is 2.37 bits per heavy atom. The summed E-state index contributed by atoms with van der Waals surface area (Å²) in [6.45, 7) is 3.22. The molecule has 2 aliphatic heterocycles. The number of phenols is 2. The first-order chi connectivity index (χ1) is 25.3. The maximum atomic E-state index is 12.8. The lowest BCUT2D eigenvalue weighted by Gasteiger charge is -2.27. The first kappa shape index (κ1) is 35.3. The summed E-state index contributed by atoms with van der Waals surface area (Å²) in [5.41, 5.74) is 8.33. The van der Waals surface area contributed by atoms with E-state index in [1.165, 1.54) is 5.56 Å². The van der Waals surface area contributed by atoms with Gasteiger partial charge in [0.2, 0.25) is 0 Å². The van der Waals surface area contributed by atoms with Crippen molar-refractivity contribution in [2.24, 2.45) is 0 Å². The maximum Gasteiger partial charge on any atom is 0.252 e. The summed E-state index contributed by atoms with van der Waals surface area (Å²) in [6.07, 6.45) is 5.22. The zero-order valence-electron chi connectivity index (χ0n) is 29.8. The van der Waals surface area contributed by atoms with Gasteiger partial charge in [-0.3, -0.25) is 14.5 Å². The third kappa shape index (κ3) is 7.14. The van der Waals surface area contributed by atoms with E-state index in [2.05, 4.69) is 55.4 Å². The number of aromatic amines is 1. The fraction of sp³-hybridized carbons (Fsp3) is 0.333. The number of carbonyl (C=O) groups is 2. The van der Waals surface area contributed by atoms with Crippen LogP contribution in [-0.2, 0) is 6.54 Å². The Hall–Kier alpha value is -5.16. The minimum absolute atomic E-state index is 0.0412. The molecule has 7 rings (SSSR count). The summed E-state index contributed by atoms with van der Waals surface area (Å²) in [7, 11) is 4.00. The molecule has 270 valence electrons. The number of benzene rings is 4. The number of anilines is 1. The normalized spacial score (nSPS) is 18.3. The van der Waals surface area contributed by atoms with Crippen molar-refractivity contribution in [2.45, 2.75) is 56.3 Å². The molecule has 2 aliphatic rings. The molecule has 0 aliphatic carbocycles. The van der Waals surface area contributed by atoms with Gasteiger partial charge in [-0.15, -0.1) is 0 Å². The van der Waals surface area contributed by atoms with Crippen LogP contribution < -0.4 is 21.3 Å². The van der Waals surface area contributed by atoms with Crippen molar-refractivity contribution in [1.29, 1.82) is 0 Å². The number of unbranched alkanes of at least 4 members (excludes halogenated alkanes) is 3. The van der Waals surface area contributed by atoms with E-state index in [-0.39, 0.29) is 41.4 Å². The standard InChI is InChI=1S/C42H48N6O4/c1-48(2)41(32-21-27(50)16-15-26(32)25-49)39-31-12-6-8-14-35(31)46-37(39)24-44-20-10-4-3-9-19-43-23-36-38(30-11-5-7-13-34(30)45-36)40-33-22-28(51)17-18-29(33)42(52)47-40/h5-8,11-18,21-22,25,36,38,40-41,43-46,50-51H,3-4,9-10,19-20,23-24H2,1-2H3,(H,47,52). The lowest BCUT2D eigenvalue weighted by Crippen LogP contribution is -2.39. The monoisotopic (exact) mass is 700 g/mol. The Bertz CT molecular complexity index is 2060. The average molecular weight is 701 g/mol. The second kappa shape index (κ2) is 15.6. The minimum atomic E-state index is -0.224. The van der Waals surface area contributed by atoms with Gasteiger partial charge in [0.1, 0.15) is 17.8 Å². The molecule has 0 radical (unpaired) electrons. The van der Waals surface area contributed by atoms with Crippen LogP contribution >= 0.6 is 0 Å². The van der Waals surface area contributed by atoms with Crippen molar-refractivity contribution >= 4 is 28.8 Å². The number of aromatic hydroxyl groups is 2. The highest BCUT2D eigenvalue weighted by molar-refractivity contribution is 5.99. The topological polar surface area (TPSA) is 142 Å². The molecule has 0 saturated heterocycles. The lowest BCUT2D eigenvalue weighted by atomic mass is 9.84. The number of aromatic nitrogens is 1. The summed E-state index contributed by atoms with van der Waals surface area (Å²) in [4.78, 5) is 30.5. The molecule has 10 nitrogen and oxygen atoms in total. The average Bonchev–Trinajstić information content (AvgIpc) is 3.79. The van der Waals surface area contributed by atoms with Gasteiger partial charge in [-0.2, -0.15) is 0 Å². The molecule has 10 heteroatoms. The lowest BCUT2D eigenvalue weighted by molar-refractivity contribution is 0.0951. The number of para-hydroxylation sites is 2. The number of phenolic OH excluding ortho intramolecular Hbond substituents is 2. The van der Waals surface area contributed by atoms with Gasteiger partial charge < -0.3 is 36.5 Å². The Balaban J connectivity index is 0.901. The van der Waals surface area contributed by atoms with Gasteiger partial charge in [0.15, 0.2) is 0 Å². The molecule has 7 N–H and O–H groups in total. The van der Waals surface area contributed by atoms with Gasteiger partial charge in [0, 0.05) is 64.0 Å². The van der Waals surface area contributed by atoms with E-state index in [0.29, 0.717) is 17.7 Å². The SMILES string of the molecule is CN(C)C(c1cc(O)ccc1C=O)c1c(CNCCCCCCNCC2Nc3ccccc3C2C2NC(=O)c3ccc(O)cc32)[nH]c2ccccc12. The molecule has 0 fully saturated rings. The molecule has 3 heterocycles. The first-order valence-corrected chi connectivity index (χ1v) is 18.3. The highest BCUT2D eigenvalue weighted by atomic mass is 16.3. The van der Waals surface area contributed by atoms with Gasteiger partial charge in [-0.05, 0) is 105 Å². The summed E-state index contributed by atoms with van der Waals surface area (Å²) in [6, 6.07) is 26.1. The van der Waals surface area contributed by atoms with Crippen molar-refractivity contribution in [3.05, 3.63) is 124 Å². The summed E-state index contributed by atoms with van der Waals surface area (Å²) in [5.74, 6) is 0.259. The highest BCUT2D eigenvalue weighted by Crippen LogP contribution is 2.46. The van der Waals surface area contributed by atoms with Gasteiger partial charge in [0.25, 0.3) is 5.91 Å². The number of hydrogen-bond donors (Lipinski definition) is 7. The molecule has 4 aromatic carbocycles. The second-order valence-corrected chi connectivity index (χ2v) is 14.2.